The summed E-state index contributed by atoms with van der Waals surface area (Å²) in [6.07, 6.45) is 1.99. The summed E-state index contributed by atoms with van der Waals surface area (Å²) >= 11 is 0. The van der Waals surface area contributed by atoms with Crippen LogP contribution in [0.2, 0.25) is 0 Å². The second kappa shape index (κ2) is 8.99. The van der Waals surface area contributed by atoms with Crippen LogP contribution < -0.4 is 9.47 Å². The van der Waals surface area contributed by atoms with Gasteiger partial charge >= 0.3 is 0 Å². The lowest BCUT2D eigenvalue weighted by molar-refractivity contribution is 0.183. The molecule has 0 aliphatic rings. The molecule has 0 aliphatic carbocycles. The standard InChI is InChI=1S/C21H30N2O3/c1-7-15(8-2)26-19-11-14(5)20(23-21(19)25-6)16-9-10-17(13(3)4)22-18(16)12-24/h9-11,13,15,24H,7-8,12H2,1-6H3. The van der Waals surface area contributed by atoms with Gasteiger partial charge in [-0.05, 0) is 49.4 Å². The Kier molecular flexibility index (Phi) is 6.98. The molecule has 2 heterocycles. The third kappa shape index (κ3) is 4.33. The Labute approximate surface area is 156 Å². The molecule has 2 aromatic rings. The van der Waals surface area contributed by atoms with Gasteiger partial charge in [0.2, 0.25) is 0 Å². The van der Waals surface area contributed by atoms with E-state index in [9.17, 15) is 5.11 Å². The van der Waals surface area contributed by atoms with Gasteiger partial charge < -0.3 is 14.6 Å². The zero-order valence-corrected chi connectivity index (χ0v) is 16.7. The van der Waals surface area contributed by atoms with E-state index in [0.29, 0.717) is 23.2 Å². The Morgan fingerprint density at radius 2 is 1.81 bits per heavy atom. The molecular formula is C21H30N2O3. The summed E-state index contributed by atoms with van der Waals surface area (Å²) in [5.74, 6) is 1.41. The fourth-order valence-corrected chi connectivity index (χ4v) is 2.89. The van der Waals surface area contributed by atoms with Crippen molar-refractivity contribution in [3.63, 3.8) is 0 Å². The Balaban J connectivity index is 2.51. The summed E-state index contributed by atoms with van der Waals surface area (Å²) in [5.41, 5.74) is 4.12. The summed E-state index contributed by atoms with van der Waals surface area (Å²) in [4.78, 5) is 9.27. The maximum atomic E-state index is 9.79. The molecule has 0 spiro atoms. The molecule has 0 saturated heterocycles. The third-order valence-electron chi connectivity index (χ3n) is 4.54. The highest BCUT2D eigenvalue weighted by atomic mass is 16.5. The highest BCUT2D eigenvalue weighted by Crippen LogP contribution is 2.34. The van der Waals surface area contributed by atoms with E-state index in [0.717, 1.165) is 35.4 Å². The minimum atomic E-state index is -0.134. The highest BCUT2D eigenvalue weighted by Gasteiger charge is 2.18. The zero-order chi connectivity index (χ0) is 19.3. The summed E-state index contributed by atoms with van der Waals surface area (Å²) < 4.78 is 11.5. The van der Waals surface area contributed by atoms with Crippen LogP contribution >= 0.6 is 0 Å². The average Bonchev–Trinajstić information content (AvgIpc) is 2.65. The number of nitrogens with zero attached hydrogens (tertiary/aromatic N) is 2. The second-order valence-corrected chi connectivity index (χ2v) is 6.76. The minimum Gasteiger partial charge on any atom is -0.485 e. The predicted molar refractivity (Wildman–Crippen MR) is 104 cm³/mol. The molecule has 5 nitrogen and oxygen atoms in total. The van der Waals surface area contributed by atoms with Gasteiger partial charge in [0.1, 0.15) is 0 Å². The average molecular weight is 358 g/mol. The molecule has 26 heavy (non-hydrogen) atoms. The van der Waals surface area contributed by atoms with Crippen molar-refractivity contribution in [2.75, 3.05) is 7.11 Å². The lowest BCUT2D eigenvalue weighted by atomic mass is 10.0. The number of aliphatic hydroxyl groups excluding tert-OH is 1. The monoisotopic (exact) mass is 358 g/mol. The molecule has 142 valence electrons. The Bertz CT molecular complexity index is 740. The van der Waals surface area contributed by atoms with Gasteiger partial charge in [-0.15, -0.1) is 0 Å². The van der Waals surface area contributed by atoms with Crippen LogP contribution in [0.15, 0.2) is 18.2 Å². The van der Waals surface area contributed by atoms with E-state index in [4.69, 9.17) is 9.47 Å². The zero-order valence-electron chi connectivity index (χ0n) is 16.7. The van der Waals surface area contributed by atoms with Crippen LogP contribution in [0, 0.1) is 6.92 Å². The molecule has 0 fully saturated rings. The summed E-state index contributed by atoms with van der Waals surface area (Å²) in [5, 5.41) is 9.79. The van der Waals surface area contributed by atoms with Crippen molar-refractivity contribution < 1.29 is 14.6 Å². The maximum absolute atomic E-state index is 9.79. The fraction of sp³-hybridized carbons (Fsp3) is 0.524. The van der Waals surface area contributed by atoms with Crippen molar-refractivity contribution in [1.82, 2.24) is 9.97 Å². The first-order valence-electron chi connectivity index (χ1n) is 9.28. The van der Waals surface area contributed by atoms with Gasteiger partial charge in [-0.1, -0.05) is 27.7 Å². The molecule has 0 amide bonds. The molecule has 0 atom stereocenters. The van der Waals surface area contributed by atoms with Crippen molar-refractivity contribution in [1.29, 1.82) is 0 Å². The lowest BCUT2D eigenvalue weighted by Gasteiger charge is -2.19. The van der Waals surface area contributed by atoms with E-state index in [1.165, 1.54) is 0 Å². The van der Waals surface area contributed by atoms with E-state index in [1.54, 1.807) is 7.11 Å². The largest absolute Gasteiger partial charge is 0.485 e. The first kappa shape index (κ1) is 20.2. The first-order chi connectivity index (χ1) is 12.4. The van der Waals surface area contributed by atoms with Gasteiger partial charge in [0.15, 0.2) is 5.75 Å². The maximum Gasteiger partial charge on any atom is 0.257 e. The number of aromatic nitrogens is 2. The van der Waals surface area contributed by atoms with Crippen molar-refractivity contribution >= 4 is 0 Å². The van der Waals surface area contributed by atoms with Crippen molar-refractivity contribution in [2.24, 2.45) is 0 Å². The second-order valence-electron chi connectivity index (χ2n) is 6.76. The normalized spacial score (nSPS) is 11.3. The van der Waals surface area contributed by atoms with Crippen LogP contribution in [0.25, 0.3) is 11.3 Å². The number of aliphatic hydroxyl groups is 1. The number of rotatable bonds is 8. The van der Waals surface area contributed by atoms with Gasteiger partial charge in [0.05, 0.1) is 31.2 Å². The summed E-state index contributed by atoms with van der Waals surface area (Å²) in [6.45, 7) is 10.2. The molecule has 0 aromatic carbocycles. The fourth-order valence-electron chi connectivity index (χ4n) is 2.89. The van der Waals surface area contributed by atoms with Crippen molar-refractivity contribution in [3.8, 4) is 22.9 Å². The quantitative estimate of drug-likeness (QED) is 0.744. The van der Waals surface area contributed by atoms with Crippen LogP contribution in [0.1, 0.15) is 63.4 Å². The van der Waals surface area contributed by atoms with Crippen LogP contribution in [-0.2, 0) is 6.61 Å². The molecule has 2 aromatic heterocycles. The van der Waals surface area contributed by atoms with Gasteiger partial charge in [-0.2, -0.15) is 0 Å². The van der Waals surface area contributed by atoms with E-state index in [-0.39, 0.29) is 12.7 Å². The van der Waals surface area contributed by atoms with Crippen LogP contribution in [0.5, 0.6) is 11.6 Å². The van der Waals surface area contributed by atoms with E-state index >= 15 is 0 Å². The smallest absolute Gasteiger partial charge is 0.257 e. The van der Waals surface area contributed by atoms with Gasteiger partial charge in [-0.25, -0.2) is 4.98 Å². The van der Waals surface area contributed by atoms with Crippen molar-refractivity contribution in [3.05, 3.63) is 35.2 Å². The predicted octanol–water partition coefficient (Wildman–Crippen LogP) is 4.64. The first-order valence-corrected chi connectivity index (χ1v) is 9.28. The third-order valence-corrected chi connectivity index (χ3v) is 4.54. The molecule has 0 unspecified atom stereocenters. The van der Waals surface area contributed by atoms with Gasteiger partial charge in [0.25, 0.3) is 5.88 Å². The Morgan fingerprint density at radius 1 is 1.12 bits per heavy atom. The molecule has 0 bridgehead atoms. The van der Waals surface area contributed by atoms with Crippen LogP contribution in [-0.4, -0.2) is 28.3 Å². The molecule has 0 aliphatic heterocycles. The number of aryl methyl sites for hydroxylation is 1. The van der Waals surface area contributed by atoms with Crippen LogP contribution in [0.3, 0.4) is 0 Å². The molecule has 5 heteroatoms. The number of ether oxygens (including phenoxy) is 2. The van der Waals surface area contributed by atoms with E-state index < -0.39 is 0 Å². The molecular weight excluding hydrogens is 328 g/mol. The number of hydrogen-bond acceptors (Lipinski definition) is 5. The number of methoxy groups -OCH3 is 1. The van der Waals surface area contributed by atoms with Gasteiger partial charge in [0, 0.05) is 11.3 Å². The number of hydrogen-bond donors (Lipinski definition) is 1. The highest BCUT2D eigenvalue weighted by molar-refractivity contribution is 5.67. The molecule has 2 rings (SSSR count). The van der Waals surface area contributed by atoms with Crippen molar-refractivity contribution in [2.45, 2.75) is 66.1 Å². The van der Waals surface area contributed by atoms with Gasteiger partial charge in [-0.3, -0.25) is 4.98 Å². The van der Waals surface area contributed by atoms with E-state index in [1.807, 2.05) is 25.1 Å². The van der Waals surface area contributed by atoms with Crippen LogP contribution in [0.4, 0.5) is 0 Å². The van der Waals surface area contributed by atoms with E-state index in [2.05, 4.69) is 37.7 Å². The molecule has 1 N–H and O–H groups in total. The molecule has 0 saturated carbocycles. The summed E-state index contributed by atoms with van der Waals surface area (Å²) in [6, 6.07) is 5.92. The topological polar surface area (TPSA) is 64.5 Å². The summed E-state index contributed by atoms with van der Waals surface area (Å²) in [7, 11) is 1.59. The Morgan fingerprint density at radius 3 is 2.35 bits per heavy atom. The lowest BCUT2D eigenvalue weighted by Crippen LogP contribution is -2.15. The SMILES string of the molecule is CCC(CC)Oc1cc(C)c(-c2ccc(C(C)C)nc2CO)nc1OC. The Hall–Kier alpha value is -2.14. The molecule has 0 radical (unpaired) electrons. The number of pyridine rings is 2. The minimum absolute atomic E-state index is 0.134.